The van der Waals surface area contributed by atoms with Crippen molar-refractivity contribution < 1.29 is 9.90 Å². The van der Waals surface area contributed by atoms with Crippen LogP contribution in [0.15, 0.2) is 59.8 Å². The number of aryl methyl sites for hydroxylation is 1. The number of aliphatic hydroxyl groups is 1. The number of amides is 1. The van der Waals surface area contributed by atoms with Crippen LogP contribution in [0.1, 0.15) is 22.3 Å². The minimum absolute atomic E-state index is 0.0631. The topological polar surface area (TPSA) is 125 Å². The maximum Gasteiger partial charge on any atom is 0.267 e. The number of nitrogens with one attached hydrogen (secondary N) is 2. The zero-order valence-electron chi connectivity index (χ0n) is 16.1. The highest BCUT2D eigenvalue weighted by molar-refractivity contribution is 5.96. The summed E-state index contributed by atoms with van der Waals surface area (Å²) in [6.45, 7) is 0.415. The summed E-state index contributed by atoms with van der Waals surface area (Å²) in [6, 6.07) is 10.2. The fourth-order valence-corrected chi connectivity index (χ4v) is 3.29. The van der Waals surface area contributed by atoms with Crippen molar-refractivity contribution in [1.29, 1.82) is 5.41 Å². The Balaban J connectivity index is 1.85. The first-order valence-corrected chi connectivity index (χ1v) is 9.47. The molecular formula is C21H20N6O3. The van der Waals surface area contributed by atoms with Crippen LogP contribution >= 0.6 is 0 Å². The molecule has 0 aliphatic carbocycles. The van der Waals surface area contributed by atoms with Crippen molar-refractivity contribution in [2.45, 2.75) is 19.5 Å². The van der Waals surface area contributed by atoms with Crippen molar-refractivity contribution in [2.24, 2.45) is 0 Å². The van der Waals surface area contributed by atoms with E-state index < -0.39 is 5.91 Å². The zero-order chi connectivity index (χ0) is 21.1. The zero-order valence-corrected chi connectivity index (χ0v) is 16.1. The van der Waals surface area contributed by atoms with Crippen molar-refractivity contribution in [3.63, 3.8) is 0 Å². The van der Waals surface area contributed by atoms with Gasteiger partial charge in [0, 0.05) is 38.3 Å². The van der Waals surface area contributed by atoms with Gasteiger partial charge in [-0.1, -0.05) is 12.1 Å². The summed E-state index contributed by atoms with van der Waals surface area (Å²) in [7, 11) is 0. The normalized spacial score (nSPS) is 11.1. The largest absolute Gasteiger partial charge is 0.396 e. The molecule has 152 valence electrons. The number of fused-ring (bicyclic) bond motifs is 2. The standard InChI is InChI=1S/C21H20N6O3/c22-18-15(20(29)24-13-14-5-3-7-23-12-14)11-16-19(27(18)9-4-10-28)25-17-6-1-2-8-26(17)21(16)30/h1-3,5-8,11-12,22,28H,4,9-10,13H2,(H,24,29). The van der Waals surface area contributed by atoms with Gasteiger partial charge in [-0.25, -0.2) is 4.98 Å². The molecule has 0 spiro atoms. The molecule has 0 saturated carbocycles. The van der Waals surface area contributed by atoms with Crippen LogP contribution in [0.3, 0.4) is 0 Å². The number of carbonyl (C=O) groups excluding carboxylic acids is 1. The number of aliphatic hydroxyl groups excluding tert-OH is 1. The molecule has 0 aromatic carbocycles. The van der Waals surface area contributed by atoms with E-state index in [1.54, 1.807) is 42.9 Å². The van der Waals surface area contributed by atoms with Crippen molar-refractivity contribution >= 4 is 22.6 Å². The highest BCUT2D eigenvalue weighted by Crippen LogP contribution is 2.11. The van der Waals surface area contributed by atoms with E-state index in [-0.39, 0.29) is 41.7 Å². The van der Waals surface area contributed by atoms with Gasteiger partial charge in [-0.05, 0) is 36.2 Å². The van der Waals surface area contributed by atoms with E-state index in [9.17, 15) is 14.7 Å². The fraction of sp³-hybridized carbons (Fsp3) is 0.190. The van der Waals surface area contributed by atoms with Gasteiger partial charge in [-0.15, -0.1) is 0 Å². The van der Waals surface area contributed by atoms with Gasteiger partial charge in [0.15, 0.2) is 0 Å². The summed E-state index contributed by atoms with van der Waals surface area (Å²) in [5.41, 5.74) is 1.26. The number of carbonyl (C=O) groups is 1. The predicted molar refractivity (Wildman–Crippen MR) is 110 cm³/mol. The third-order valence-corrected chi connectivity index (χ3v) is 4.78. The van der Waals surface area contributed by atoms with Gasteiger partial charge in [-0.2, -0.15) is 0 Å². The first-order chi connectivity index (χ1) is 14.6. The molecule has 9 nitrogen and oxygen atoms in total. The summed E-state index contributed by atoms with van der Waals surface area (Å²) >= 11 is 0. The van der Waals surface area contributed by atoms with Gasteiger partial charge in [-0.3, -0.25) is 24.4 Å². The molecule has 0 radical (unpaired) electrons. The van der Waals surface area contributed by atoms with E-state index in [0.717, 1.165) is 5.56 Å². The van der Waals surface area contributed by atoms with Crippen LogP contribution in [-0.2, 0) is 13.1 Å². The second kappa shape index (κ2) is 8.26. The Morgan fingerprint density at radius 2 is 2.10 bits per heavy atom. The molecule has 0 aliphatic rings. The minimum Gasteiger partial charge on any atom is -0.396 e. The van der Waals surface area contributed by atoms with Crippen LogP contribution in [-0.4, -0.2) is 36.6 Å². The van der Waals surface area contributed by atoms with Crippen LogP contribution in [0.4, 0.5) is 0 Å². The molecule has 0 bridgehead atoms. The molecule has 30 heavy (non-hydrogen) atoms. The predicted octanol–water partition coefficient (Wildman–Crippen LogP) is 0.836. The molecule has 0 aliphatic heterocycles. The Bertz CT molecular complexity index is 1340. The lowest BCUT2D eigenvalue weighted by Crippen LogP contribution is -2.35. The first kappa shape index (κ1) is 19.5. The molecule has 4 aromatic rings. The van der Waals surface area contributed by atoms with Crippen molar-refractivity contribution in [3.05, 3.63) is 82.0 Å². The molecule has 0 fully saturated rings. The van der Waals surface area contributed by atoms with Crippen LogP contribution in [0.5, 0.6) is 0 Å². The molecular weight excluding hydrogens is 384 g/mol. The Hall–Kier alpha value is -3.85. The third kappa shape index (κ3) is 3.58. The first-order valence-electron chi connectivity index (χ1n) is 9.47. The van der Waals surface area contributed by atoms with Gasteiger partial charge in [0.25, 0.3) is 11.5 Å². The van der Waals surface area contributed by atoms with Crippen molar-refractivity contribution in [1.82, 2.24) is 24.3 Å². The molecule has 3 N–H and O–H groups in total. The summed E-state index contributed by atoms with van der Waals surface area (Å²) in [5, 5.41) is 20.8. The average Bonchev–Trinajstić information content (AvgIpc) is 2.78. The van der Waals surface area contributed by atoms with Crippen molar-refractivity contribution in [2.75, 3.05) is 6.61 Å². The van der Waals surface area contributed by atoms with E-state index in [2.05, 4.69) is 15.3 Å². The maximum atomic E-state index is 13.0. The number of pyridine rings is 3. The smallest absolute Gasteiger partial charge is 0.267 e. The van der Waals surface area contributed by atoms with E-state index >= 15 is 0 Å². The highest BCUT2D eigenvalue weighted by Gasteiger charge is 2.17. The Labute approximate surface area is 170 Å². The summed E-state index contributed by atoms with van der Waals surface area (Å²) < 4.78 is 2.90. The van der Waals surface area contributed by atoms with Gasteiger partial charge >= 0.3 is 0 Å². The van der Waals surface area contributed by atoms with Crippen LogP contribution < -0.4 is 16.4 Å². The Morgan fingerprint density at radius 1 is 1.23 bits per heavy atom. The molecule has 4 aromatic heterocycles. The number of hydrogen-bond acceptors (Lipinski definition) is 6. The van der Waals surface area contributed by atoms with Gasteiger partial charge in [0.05, 0.1) is 10.9 Å². The second-order valence-corrected chi connectivity index (χ2v) is 6.76. The molecule has 4 heterocycles. The monoisotopic (exact) mass is 404 g/mol. The van der Waals surface area contributed by atoms with Gasteiger partial charge in [0.1, 0.15) is 16.8 Å². The molecule has 9 heteroatoms. The highest BCUT2D eigenvalue weighted by atomic mass is 16.3. The second-order valence-electron chi connectivity index (χ2n) is 6.76. The average molecular weight is 404 g/mol. The maximum absolute atomic E-state index is 13.0. The Kier molecular flexibility index (Phi) is 5.36. The van der Waals surface area contributed by atoms with E-state index in [1.165, 1.54) is 15.0 Å². The summed E-state index contributed by atoms with van der Waals surface area (Å²) in [6.07, 6.45) is 5.26. The number of aromatic nitrogens is 4. The third-order valence-electron chi connectivity index (χ3n) is 4.78. The lowest BCUT2D eigenvalue weighted by atomic mass is 10.2. The Morgan fingerprint density at radius 3 is 2.87 bits per heavy atom. The van der Waals surface area contributed by atoms with Gasteiger partial charge < -0.3 is 15.0 Å². The molecule has 0 saturated heterocycles. The molecule has 1 amide bonds. The van der Waals surface area contributed by atoms with Gasteiger partial charge in [0.2, 0.25) is 0 Å². The van der Waals surface area contributed by atoms with E-state index in [0.29, 0.717) is 17.7 Å². The summed E-state index contributed by atoms with van der Waals surface area (Å²) in [4.78, 5) is 34.4. The SMILES string of the molecule is N=c1c(C(=O)NCc2cccnc2)cc2c(=O)n3ccccc3nc2n1CCCO. The number of hydrogen-bond donors (Lipinski definition) is 3. The summed E-state index contributed by atoms with van der Waals surface area (Å²) in [5.74, 6) is -0.471. The van der Waals surface area contributed by atoms with E-state index in [4.69, 9.17) is 5.41 Å². The number of nitrogens with zero attached hydrogens (tertiary/aromatic N) is 4. The van der Waals surface area contributed by atoms with Crippen molar-refractivity contribution in [3.8, 4) is 0 Å². The molecule has 0 atom stereocenters. The lowest BCUT2D eigenvalue weighted by Gasteiger charge is -2.14. The quantitative estimate of drug-likeness (QED) is 0.411. The number of rotatable bonds is 6. The van der Waals surface area contributed by atoms with E-state index in [1.807, 2.05) is 6.07 Å². The molecule has 4 rings (SSSR count). The van der Waals surface area contributed by atoms with Crippen LogP contribution in [0.25, 0.3) is 16.7 Å². The van der Waals surface area contributed by atoms with Crippen LogP contribution in [0, 0.1) is 5.41 Å². The molecule has 0 unspecified atom stereocenters. The lowest BCUT2D eigenvalue weighted by molar-refractivity contribution is 0.0948. The van der Waals surface area contributed by atoms with Crippen LogP contribution in [0.2, 0.25) is 0 Å². The fourth-order valence-electron chi connectivity index (χ4n) is 3.29. The minimum atomic E-state index is -0.471.